The molecule has 0 saturated heterocycles. The van der Waals surface area contributed by atoms with Crippen molar-refractivity contribution in [3.63, 3.8) is 0 Å². The molecule has 2 heteroatoms. The highest BCUT2D eigenvalue weighted by Gasteiger charge is 2.09. The van der Waals surface area contributed by atoms with E-state index in [0.29, 0.717) is 24.3 Å². The van der Waals surface area contributed by atoms with Crippen LogP contribution in [-0.4, -0.2) is 11.6 Å². The van der Waals surface area contributed by atoms with Gasteiger partial charge < -0.3 is 4.74 Å². The minimum Gasteiger partial charge on any atom is -0.478 e. The van der Waals surface area contributed by atoms with Gasteiger partial charge in [0, 0.05) is 12.3 Å². The number of hydrogen-bond donors (Lipinski definition) is 0. The van der Waals surface area contributed by atoms with Crippen molar-refractivity contribution < 1.29 is 4.74 Å². The molecule has 1 aromatic rings. The lowest BCUT2D eigenvalue weighted by atomic mass is 9.92. The van der Waals surface area contributed by atoms with Crippen LogP contribution in [0.15, 0.2) is 18.3 Å². The van der Waals surface area contributed by atoms with Crippen molar-refractivity contribution in [1.82, 2.24) is 4.98 Å². The van der Waals surface area contributed by atoms with Crippen LogP contribution in [0.4, 0.5) is 0 Å². The predicted molar refractivity (Wildman–Crippen MR) is 58.7 cm³/mol. The summed E-state index contributed by atoms with van der Waals surface area (Å²) in [5, 5.41) is 0. The zero-order valence-electron chi connectivity index (χ0n) is 9.45. The molecule has 1 unspecified atom stereocenters. The molecule has 0 N–H and O–H groups in total. The lowest BCUT2D eigenvalue weighted by Gasteiger charge is -2.15. The summed E-state index contributed by atoms with van der Waals surface area (Å²) in [5.74, 6) is 1.92. The molecule has 0 aliphatic heterocycles. The molecule has 1 atom stereocenters. The first-order valence-electron chi connectivity index (χ1n) is 5.24. The summed E-state index contributed by atoms with van der Waals surface area (Å²) in [4.78, 5) is 4.25. The van der Waals surface area contributed by atoms with E-state index >= 15 is 0 Å². The van der Waals surface area contributed by atoms with Crippen molar-refractivity contribution >= 4 is 0 Å². The van der Waals surface area contributed by atoms with E-state index in [2.05, 4.69) is 31.8 Å². The first kappa shape index (κ1) is 11.0. The fourth-order valence-corrected chi connectivity index (χ4v) is 1.28. The van der Waals surface area contributed by atoms with Crippen LogP contribution < -0.4 is 4.74 Å². The number of nitrogens with zero attached hydrogens (tertiary/aromatic N) is 1. The van der Waals surface area contributed by atoms with Gasteiger partial charge in [-0.1, -0.05) is 26.8 Å². The lowest BCUT2D eigenvalue weighted by molar-refractivity contribution is 0.326. The molecule has 78 valence electrons. The molecule has 14 heavy (non-hydrogen) atoms. The fraction of sp³-hybridized carbons (Fsp3) is 0.583. The van der Waals surface area contributed by atoms with Crippen LogP contribution >= 0.6 is 0 Å². The van der Waals surface area contributed by atoms with E-state index < -0.39 is 0 Å². The summed E-state index contributed by atoms with van der Waals surface area (Å²) in [6.07, 6.45) is 1.91. The Morgan fingerprint density at radius 1 is 1.29 bits per heavy atom. The van der Waals surface area contributed by atoms with Crippen molar-refractivity contribution in [3.8, 4) is 5.88 Å². The first-order valence-corrected chi connectivity index (χ1v) is 5.24. The summed E-state index contributed by atoms with van der Waals surface area (Å²) in [6.45, 7) is 9.31. The van der Waals surface area contributed by atoms with E-state index in [9.17, 15) is 0 Å². The number of pyridine rings is 1. The van der Waals surface area contributed by atoms with Gasteiger partial charge in [-0.2, -0.15) is 0 Å². The maximum absolute atomic E-state index is 5.29. The van der Waals surface area contributed by atoms with Crippen LogP contribution in [-0.2, 0) is 0 Å². The van der Waals surface area contributed by atoms with Crippen LogP contribution in [0.5, 0.6) is 5.88 Å². The average molecular weight is 193 g/mol. The lowest BCUT2D eigenvalue weighted by Crippen LogP contribution is -2.03. The Labute approximate surface area is 86.3 Å². The van der Waals surface area contributed by atoms with Crippen LogP contribution in [0.2, 0.25) is 0 Å². The third-order valence-corrected chi connectivity index (χ3v) is 2.58. The molecule has 1 heterocycles. The normalized spacial score (nSPS) is 12.9. The molecule has 0 aliphatic carbocycles. The Morgan fingerprint density at radius 2 is 2.00 bits per heavy atom. The largest absolute Gasteiger partial charge is 0.478 e. The van der Waals surface area contributed by atoms with Gasteiger partial charge in [-0.15, -0.1) is 0 Å². The zero-order chi connectivity index (χ0) is 10.6. The van der Waals surface area contributed by atoms with E-state index in [-0.39, 0.29) is 0 Å². The number of aromatic nitrogens is 1. The summed E-state index contributed by atoms with van der Waals surface area (Å²) in [6, 6.07) is 4.04. The van der Waals surface area contributed by atoms with Gasteiger partial charge in [0.05, 0.1) is 6.61 Å². The molecular formula is C12H19NO. The second kappa shape index (κ2) is 4.99. The number of ether oxygens (including phenoxy) is 1. The van der Waals surface area contributed by atoms with Gasteiger partial charge in [-0.3, -0.25) is 0 Å². The molecule has 1 aromatic heterocycles. The Balaban J connectivity index is 2.72. The van der Waals surface area contributed by atoms with Crippen LogP contribution in [0.3, 0.4) is 0 Å². The molecule has 0 spiro atoms. The topological polar surface area (TPSA) is 22.1 Å². The van der Waals surface area contributed by atoms with Gasteiger partial charge in [-0.25, -0.2) is 4.98 Å². The summed E-state index contributed by atoms with van der Waals surface area (Å²) in [7, 11) is 0. The van der Waals surface area contributed by atoms with Gasteiger partial charge in [0.1, 0.15) is 0 Å². The predicted octanol–water partition coefficient (Wildman–Crippen LogP) is 3.24. The smallest absolute Gasteiger partial charge is 0.213 e. The van der Waals surface area contributed by atoms with Crippen molar-refractivity contribution in [2.24, 2.45) is 5.92 Å². The van der Waals surface area contributed by atoms with Crippen molar-refractivity contribution in [2.45, 2.75) is 33.6 Å². The molecule has 1 rings (SSSR count). The first-order chi connectivity index (χ1) is 6.65. The molecule has 0 aromatic carbocycles. The third kappa shape index (κ3) is 2.72. The molecule has 0 aliphatic rings. The SMILES string of the molecule is CCOc1ccc(C(C)C(C)C)cn1. The van der Waals surface area contributed by atoms with Gasteiger partial charge in [0.2, 0.25) is 5.88 Å². The maximum atomic E-state index is 5.29. The van der Waals surface area contributed by atoms with Crippen molar-refractivity contribution in [2.75, 3.05) is 6.61 Å². The highest BCUT2D eigenvalue weighted by atomic mass is 16.5. The van der Waals surface area contributed by atoms with Gasteiger partial charge >= 0.3 is 0 Å². The Kier molecular flexibility index (Phi) is 3.93. The second-order valence-corrected chi connectivity index (χ2v) is 3.90. The molecule has 0 amide bonds. The van der Waals surface area contributed by atoms with E-state index in [4.69, 9.17) is 4.74 Å². The summed E-state index contributed by atoms with van der Waals surface area (Å²) in [5.41, 5.74) is 1.28. The second-order valence-electron chi connectivity index (χ2n) is 3.90. The molecular weight excluding hydrogens is 174 g/mol. The van der Waals surface area contributed by atoms with Gasteiger partial charge in [-0.05, 0) is 24.3 Å². The number of hydrogen-bond acceptors (Lipinski definition) is 2. The van der Waals surface area contributed by atoms with Crippen LogP contribution in [0.25, 0.3) is 0 Å². The molecule has 0 bridgehead atoms. The van der Waals surface area contributed by atoms with E-state index in [1.807, 2.05) is 19.2 Å². The number of rotatable bonds is 4. The fourth-order valence-electron chi connectivity index (χ4n) is 1.28. The standard InChI is InChI=1S/C12H19NO/c1-5-14-12-7-6-11(8-13-12)10(4)9(2)3/h6-10H,5H2,1-4H3. The van der Waals surface area contributed by atoms with Crippen LogP contribution in [0.1, 0.15) is 39.2 Å². The Bertz CT molecular complexity index is 266. The summed E-state index contributed by atoms with van der Waals surface area (Å²) >= 11 is 0. The minimum atomic E-state index is 0.554. The third-order valence-electron chi connectivity index (χ3n) is 2.58. The van der Waals surface area contributed by atoms with Crippen LogP contribution in [0, 0.1) is 5.92 Å². The van der Waals surface area contributed by atoms with E-state index in [0.717, 1.165) is 0 Å². The minimum absolute atomic E-state index is 0.554. The van der Waals surface area contributed by atoms with E-state index in [1.165, 1.54) is 5.56 Å². The highest BCUT2D eigenvalue weighted by molar-refractivity contribution is 5.21. The van der Waals surface area contributed by atoms with Gasteiger partial charge in [0.15, 0.2) is 0 Å². The molecule has 0 saturated carbocycles. The molecule has 0 fully saturated rings. The molecule has 2 nitrogen and oxygen atoms in total. The average Bonchev–Trinajstić information content (AvgIpc) is 2.18. The Hall–Kier alpha value is -1.05. The van der Waals surface area contributed by atoms with Gasteiger partial charge in [0.25, 0.3) is 0 Å². The Morgan fingerprint density at radius 3 is 2.43 bits per heavy atom. The monoisotopic (exact) mass is 193 g/mol. The quantitative estimate of drug-likeness (QED) is 0.732. The zero-order valence-corrected chi connectivity index (χ0v) is 9.45. The van der Waals surface area contributed by atoms with Crippen molar-refractivity contribution in [1.29, 1.82) is 0 Å². The highest BCUT2D eigenvalue weighted by Crippen LogP contribution is 2.23. The molecule has 0 radical (unpaired) electrons. The van der Waals surface area contributed by atoms with Crippen molar-refractivity contribution in [3.05, 3.63) is 23.9 Å². The van der Waals surface area contributed by atoms with E-state index in [1.54, 1.807) is 0 Å². The maximum Gasteiger partial charge on any atom is 0.213 e. The summed E-state index contributed by atoms with van der Waals surface area (Å²) < 4.78 is 5.29.